The Bertz CT molecular complexity index is 747. The molecule has 0 N–H and O–H groups in total. The Kier molecular flexibility index (Phi) is 5.90. The fourth-order valence-corrected chi connectivity index (χ4v) is 2.32. The fraction of sp³-hybridized carbons (Fsp3) is 0.200. The van der Waals surface area contributed by atoms with Crippen LogP contribution in [-0.4, -0.2) is 18.5 Å². The highest BCUT2D eigenvalue weighted by Gasteiger charge is 2.09. The van der Waals surface area contributed by atoms with Crippen LogP contribution in [0.25, 0.3) is 5.57 Å². The predicted molar refractivity (Wildman–Crippen MR) is 92.6 cm³/mol. The van der Waals surface area contributed by atoms with Crippen LogP contribution in [-0.2, 0) is 20.7 Å². The second-order valence-corrected chi connectivity index (χ2v) is 5.50. The van der Waals surface area contributed by atoms with E-state index >= 15 is 0 Å². The van der Waals surface area contributed by atoms with Gasteiger partial charge >= 0.3 is 11.9 Å². The maximum atomic E-state index is 11.9. The van der Waals surface area contributed by atoms with Crippen molar-refractivity contribution >= 4 is 17.5 Å². The van der Waals surface area contributed by atoms with Crippen LogP contribution in [0, 0.1) is 6.92 Å². The quantitative estimate of drug-likeness (QED) is 0.600. The summed E-state index contributed by atoms with van der Waals surface area (Å²) in [4.78, 5) is 22.9. The maximum absolute atomic E-state index is 11.9. The van der Waals surface area contributed by atoms with Gasteiger partial charge in [0.1, 0.15) is 12.4 Å². The summed E-state index contributed by atoms with van der Waals surface area (Å²) in [6, 6.07) is 14.7. The summed E-state index contributed by atoms with van der Waals surface area (Å²) >= 11 is 0. The molecule has 2 aromatic rings. The van der Waals surface area contributed by atoms with Crippen molar-refractivity contribution in [2.75, 3.05) is 6.61 Å². The van der Waals surface area contributed by atoms with Crippen molar-refractivity contribution in [3.8, 4) is 5.75 Å². The molecule has 0 radical (unpaired) electrons. The van der Waals surface area contributed by atoms with Crippen molar-refractivity contribution < 1.29 is 19.1 Å². The molecule has 0 fully saturated rings. The molecule has 4 heteroatoms. The molecule has 0 atom stereocenters. The zero-order chi connectivity index (χ0) is 17.5. The third-order valence-electron chi connectivity index (χ3n) is 3.44. The first-order valence-corrected chi connectivity index (χ1v) is 7.62. The van der Waals surface area contributed by atoms with Crippen LogP contribution in [0.5, 0.6) is 5.75 Å². The highest BCUT2D eigenvalue weighted by Crippen LogP contribution is 2.23. The van der Waals surface area contributed by atoms with Crippen molar-refractivity contribution in [2.24, 2.45) is 0 Å². The van der Waals surface area contributed by atoms with Gasteiger partial charge in [-0.1, -0.05) is 43.0 Å². The molecule has 0 aromatic heterocycles. The molecule has 0 spiro atoms. The second kappa shape index (κ2) is 8.11. The summed E-state index contributed by atoms with van der Waals surface area (Å²) in [5.74, 6) is -0.176. The zero-order valence-electron chi connectivity index (χ0n) is 13.9. The third kappa shape index (κ3) is 5.09. The number of esters is 2. The lowest BCUT2D eigenvalue weighted by Crippen LogP contribution is -2.10. The minimum atomic E-state index is -0.365. The lowest BCUT2D eigenvalue weighted by molar-refractivity contribution is -0.141. The van der Waals surface area contributed by atoms with Crippen LogP contribution < -0.4 is 4.74 Å². The molecule has 0 aliphatic rings. The summed E-state index contributed by atoms with van der Waals surface area (Å²) in [6.07, 6.45) is 0.235. The summed E-state index contributed by atoms with van der Waals surface area (Å²) < 4.78 is 10.3. The number of rotatable bonds is 6. The van der Waals surface area contributed by atoms with Crippen LogP contribution in [0.2, 0.25) is 0 Å². The van der Waals surface area contributed by atoms with Gasteiger partial charge in [-0.25, -0.2) is 0 Å². The number of ether oxygens (including phenoxy) is 2. The van der Waals surface area contributed by atoms with E-state index in [1.54, 1.807) is 18.2 Å². The Hall–Kier alpha value is -2.88. The number of carbonyl (C=O) groups excluding carboxylic acids is 2. The smallest absolute Gasteiger partial charge is 0.310 e. The first-order valence-electron chi connectivity index (χ1n) is 7.62. The molecule has 0 unspecified atom stereocenters. The third-order valence-corrected chi connectivity index (χ3v) is 3.44. The molecular weight excluding hydrogens is 304 g/mol. The minimum absolute atomic E-state index is 0.124. The van der Waals surface area contributed by atoms with Crippen LogP contribution >= 0.6 is 0 Å². The number of benzene rings is 2. The highest BCUT2D eigenvalue weighted by atomic mass is 16.5. The molecule has 124 valence electrons. The van der Waals surface area contributed by atoms with E-state index in [-0.39, 0.29) is 25.0 Å². The standard InChI is InChI=1S/C20H20O4/c1-14-11-18(24-16(3)21)9-10-19(14)15(2)13-23-20(22)12-17-7-5-4-6-8-17/h4-11H,2,12-13H2,1,3H3. The first kappa shape index (κ1) is 17.5. The van der Waals surface area contributed by atoms with Crippen molar-refractivity contribution in [3.63, 3.8) is 0 Å². The average molecular weight is 324 g/mol. The Labute approximate surface area is 141 Å². The van der Waals surface area contributed by atoms with Gasteiger partial charge < -0.3 is 9.47 Å². The van der Waals surface area contributed by atoms with Gasteiger partial charge in [0, 0.05) is 6.92 Å². The number of aryl methyl sites for hydroxylation is 1. The van der Waals surface area contributed by atoms with Crippen LogP contribution in [0.1, 0.15) is 23.6 Å². The van der Waals surface area contributed by atoms with Crippen LogP contribution in [0.15, 0.2) is 55.1 Å². The van der Waals surface area contributed by atoms with Gasteiger partial charge in [0.25, 0.3) is 0 Å². The molecule has 0 aliphatic heterocycles. The van der Waals surface area contributed by atoms with E-state index in [2.05, 4.69) is 6.58 Å². The van der Waals surface area contributed by atoms with Crippen molar-refractivity contribution in [2.45, 2.75) is 20.3 Å². The van der Waals surface area contributed by atoms with Crippen LogP contribution in [0.4, 0.5) is 0 Å². The summed E-state index contributed by atoms with van der Waals surface area (Å²) in [5.41, 5.74) is 3.38. The molecule has 0 heterocycles. The fourth-order valence-electron chi connectivity index (χ4n) is 2.32. The predicted octanol–water partition coefficient (Wildman–Crippen LogP) is 3.72. The largest absolute Gasteiger partial charge is 0.461 e. The molecule has 0 saturated carbocycles. The van der Waals surface area contributed by atoms with Gasteiger partial charge in [0.2, 0.25) is 0 Å². The molecule has 2 rings (SSSR count). The van der Waals surface area contributed by atoms with Crippen molar-refractivity contribution in [1.29, 1.82) is 0 Å². The van der Waals surface area contributed by atoms with Gasteiger partial charge in [-0.15, -0.1) is 0 Å². The van der Waals surface area contributed by atoms with E-state index in [1.807, 2.05) is 37.3 Å². The second-order valence-electron chi connectivity index (χ2n) is 5.50. The molecule has 0 saturated heterocycles. The minimum Gasteiger partial charge on any atom is -0.461 e. The normalized spacial score (nSPS) is 10.1. The Morgan fingerprint density at radius 2 is 1.79 bits per heavy atom. The highest BCUT2D eigenvalue weighted by molar-refractivity contribution is 5.75. The van der Waals surface area contributed by atoms with Crippen molar-refractivity contribution in [3.05, 3.63) is 71.8 Å². The molecule has 0 bridgehead atoms. The monoisotopic (exact) mass is 324 g/mol. The van der Waals surface area contributed by atoms with E-state index in [0.29, 0.717) is 11.3 Å². The van der Waals surface area contributed by atoms with Gasteiger partial charge in [0.15, 0.2) is 0 Å². The molecule has 4 nitrogen and oxygen atoms in total. The van der Waals surface area contributed by atoms with E-state index in [1.165, 1.54) is 6.92 Å². The molecular formula is C20H20O4. The van der Waals surface area contributed by atoms with Crippen molar-refractivity contribution in [1.82, 2.24) is 0 Å². The van der Waals surface area contributed by atoms with E-state index < -0.39 is 0 Å². The first-order chi connectivity index (χ1) is 11.5. The van der Waals surface area contributed by atoms with Gasteiger partial charge in [-0.2, -0.15) is 0 Å². The van der Waals surface area contributed by atoms with E-state index in [0.717, 1.165) is 16.7 Å². The number of hydrogen-bond acceptors (Lipinski definition) is 4. The Balaban J connectivity index is 1.92. The SMILES string of the molecule is C=C(COC(=O)Cc1ccccc1)c1ccc(OC(C)=O)cc1C. The Morgan fingerprint density at radius 3 is 2.42 bits per heavy atom. The average Bonchev–Trinajstić information content (AvgIpc) is 2.53. The summed E-state index contributed by atoms with van der Waals surface area (Å²) in [7, 11) is 0. The van der Waals surface area contributed by atoms with E-state index in [4.69, 9.17) is 9.47 Å². The van der Waals surface area contributed by atoms with Gasteiger partial charge in [0.05, 0.1) is 6.42 Å². The van der Waals surface area contributed by atoms with E-state index in [9.17, 15) is 9.59 Å². The van der Waals surface area contributed by atoms with Crippen LogP contribution in [0.3, 0.4) is 0 Å². The topological polar surface area (TPSA) is 52.6 Å². The Morgan fingerprint density at radius 1 is 1.08 bits per heavy atom. The lowest BCUT2D eigenvalue weighted by atomic mass is 10.0. The molecule has 0 aliphatic carbocycles. The number of hydrogen-bond donors (Lipinski definition) is 0. The lowest BCUT2D eigenvalue weighted by Gasteiger charge is -2.12. The molecule has 2 aromatic carbocycles. The maximum Gasteiger partial charge on any atom is 0.310 e. The molecule has 0 amide bonds. The summed E-state index contributed by atoms with van der Waals surface area (Å²) in [6.45, 7) is 7.34. The zero-order valence-corrected chi connectivity index (χ0v) is 13.9. The van der Waals surface area contributed by atoms with Gasteiger partial charge in [-0.05, 0) is 41.3 Å². The number of carbonyl (C=O) groups is 2. The summed E-state index contributed by atoms with van der Waals surface area (Å²) in [5, 5.41) is 0. The molecule has 24 heavy (non-hydrogen) atoms. The van der Waals surface area contributed by atoms with Gasteiger partial charge in [-0.3, -0.25) is 9.59 Å².